The topological polar surface area (TPSA) is 59.6 Å². The number of hydrogen-bond donors (Lipinski definition) is 2. The third-order valence-corrected chi connectivity index (χ3v) is 4.18. The minimum absolute atomic E-state index is 0.119. The van der Waals surface area contributed by atoms with Crippen LogP contribution < -0.4 is 10.8 Å². The highest BCUT2D eigenvalue weighted by Crippen LogP contribution is 2.40. The largest absolute Gasteiger partial charge is 0.465 e. The monoisotopic (exact) mass is 346 g/mol. The van der Waals surface area contributed by atoms with Crippen LogP contribution in [0, 0.1) is 5.92 Å². The van der Waals surface area contributed by atoms with Gasteiger partial charge in [0.05, 0.1) is 37.1 Å². The molecule has 2 N–H and O–H groups in total. The number of methoxy groups -OCH3 is 1. The molecule has 2 unspecified atom stereocenters. The number of rotatable bonds is 5. The van der Waals surface area contributed by atoms with E-state index in [1.807, 2.05) is 0 Å². The molecule has 0 aliphatic heterocycles. The number of ether oxygens (including phenoxy) is 1. The Balaban J connectivity index is 2.25. The summed E-state index contributed by atoms with van der Waals surface area (Å²) in [5, 5.41) is 2.96. The molecule has 1 fully saturated rings. The van der Waals surface area contributed by atoms with Gasteiger partial charge in [0.25, 0.3) is 0 Å². The Labute approximate surface area is 138 Å². The number of carbonyl (C=O) groups is 1. The molecule has 24 heavy (non-hydrogen) atoms. The first-order valence-electron chi connectivity index (χ1n) is 7.71. The van der Waals surface area contributed by atoms with Gasteiger partial charge in [-0.05, 0) is 31.0 Å². The molecule has 1 saturated carbocycles. The van der Waals surface area contributed by atoms with E-state index in [2.05, 4.69) is 15.5 Å². The van der Waals surface area contributed by atoms with Crippen LogP contribution in [0.15, 0.2) is 18.2 Å². The number of hydrogen-bond acceptors (Lipinski definition) is 5. The van der Waals surface area contributed by atoms with Crippen LogP contribution in [-0.2, 0) is 9.57 Å². The van der Waals surface area contributed by atoms with Gasteiger partial charge in [-0.2, -0.15) is 13.2 Å². The molecule has 0 bridgehead atoms. The maximum atomic E-state index is 13.2. The number of alkyl halides is 3. The number of anilines is 2. The van der Waals surface area contributed by atoms with Crippen LogP contribution in [0.2, 0.25) is 0 Å². The zero-order valence-electron chi connectivity index (χ0n) is 13.6. The fraction of sp³-hybridized carbons (Fsp3) is 0.562. The summed E-state index contributed by atoms with van der Waals surface area (Å²) in [5.74, 6) is -1.92. The van der Waals surface area contributed by atoms with Crippen LogP contribution in [0.4, 0.5) is 24.5 Å². The van der Waals surface area contributed by atoms with Gasteiger partial charge in [-0.3, -0.25) is 10.3 Å². The molecule has 8 heteroatoms. The van der Waals surface area contributed by atoms with Crippen molar-refractivity contribution in [2.75, 3.05) is 25.0 Å². The molecule has 0 heterocycles. The van der Waals surface area contributed by atoms with E-state index < -0.39 is 24.1 Å². The molecule has 2 rings (SSSR count). The lowest BCUT2D eigenvalue weighted by molar-refractivity contribution is -0.184. The first-order valence-corrected chi connectivity index (χ1v) is 7.71. The van der Waals surface area contributed by atoms with Crippen molar-refractivity contribution >= 4 is 17.3 Å². The second kappa shape index (κ2) is 7.74. The van der Waals surface area contributed by atoms with Crippen molar-refractivity contribution < 1.29 is 27.5 Å². The molecule has 0 radical (unpaired) electrons. The predicted octanol–water partition coefficient (Wildman–Crippen LogP) is 3.98. The molecular weight excluding hydrogens is 325 g/mol. The third kappa shape index (κ3) is 4.31. The molecule has 0 aromatic heterocycles. The lowest BCUT2D eigenvalue weighted by Crippen LogP contribution is -2.41. The average molecular weight is 346 g/mol. The maximum Gasteiger partial charge on any atom is 0.393 e. The number of halogens is 3. The quantitative estimate of drug-likeness (QED) is 0.624. The summed E-state index contributed by atoms with van der Waals surface area (Å²) in [7, 11) is 2.64. The van der Waals surface area contributed by atoms with Gasteiger partial charge >= 0.3 is 12.1 Å². The Morgan fingerprint density at radius 1 is 1.17 bits per heavy atom. The van der Waals surface area contributed by atoms with E-state index in [-0.39, 0.29) is 12.0 Å². The molecule has 1 aromatic rings. The molecule has 1 aliphatic carbocycles. The van der Waals surface area contributed by atoms with Crippen molar-refractivity contribution in [2.45, 2.75) is 37.9 Å². The third-order valence-electron chi connectivity index (χ3n) is 4.18. The highest BCUT2D eigenvalue weighted by atomic mass is 19.4. The summed E-state index contributed by atoms with van der Waals surface area (Å²) < 4.78 is 44.3. The summed E-state index contributed by atoms with van der Waals surface area (Å²) in [6.45, 7) is 0. The van der Waals surface area contributed by atoms with Crippen LogP contribution >= 0.6 is 0 Å². The number of benzene rings is 1. The van der Waals surface area contributed by atoms with Crippen LogP contribution in [0.25, 0.3) is 0 Å². The van der Waals surface area contributed by atoms with E-state index in [0.717, 1.165) is 6.42 Å². The second-order valence-electron chi connectivity index (χ2n) is 5.74. The standard InChI is InChI=1S/C16H21F3N2O3/c1-23-15(22)10-7-8-13(14(9-10)21-24-2)20-12-6-4-3-5-11(12)16(17,18)19/h7-9,11-12,20-21H,3-6H2,1-2H3. The van der Waals surface area contributed by atoms with Crippen LogP contribution in [0.5, 0.6) is 0 Å². The fourth-order valence-electron chi connectivity index (χ4n) is 3.00. The Kier molecular flexibility index (Phi) is 5.93. The minimum Gasteiger partial charge on any atom is -0.465 e. The SMILES string of the molecule is CONc1cc(C(=O)OC)ccc1NC1CCCCC1C(F)(F)F. The summed E-state index contributed by atoms with van der Waals surface area (Å²) in [5.41, 5.74) is 3.69. The van der Waals surface area contributed by atoms with E-state index in [1.54, 1.807) is 6.07 Å². The zero-order chi connectivity index (χ0) is 17.7. The summed E-state index contributed by atoms with van der Waals surface area (Å²) in [6, 6.07) is 3.82. The van der Waals surface area contributed by atoms with Gasteiger partial charge in [-0.1, -0.05) is 12.8 Å². The Bertz CT molecular complexity index is 578. The molecule has 1 aliphatic rings. The maximum absolute atomic E-state index is 13.2. The van der Waals surface area contributed by atoms with Gasteiger partial charge in [0.2, 0.25) is 0 Å². The molecule has 134 valence electrons. The molecular formula is C16H21F3N2O3. The van der Waals surface area contributed by atoms with Crippen LogP contribution in [-0.4, -0.2) is 32.4 Å². The zero-order valence-corrected chi connectivity index (χ0v) is 13.6. The van der Waals surface area contributed by atoms with Crippen molar-refractivity contribution in [1.29, 1.82) is 0 Å². The Morgan fingerprint density at radius 3 is 2.50 bits per heavy atom. The lowest BCUT2D eigenvalue weighted by atomic mass is 9.84. The van der Waals surface area contributed by atoms with Gasteiger partial charge in [0, 0.05) is 6.04 Å². The van der Waals surface area contributed by atoms with E-state index in [0.29, 0.717) is 24.2 Å². The van der Waals surface area contributed by atoms with E-state index in [9.17, 15) is 18.0 Å². The fourth-order valence-corrected chi connectivity index (χ4v) is 3.00. The van der Waals surface area contributed by atoms with Gasteiger partial charge in [0.1, 0.15) is 0 Å². The molecule has 0 amide bonds. The summed E-state index contributed by atoms with van der Waals surface area (Å²) in [4.78, 5) is 16.5. The van der Waals surface area contributed by atoms with Crippen LogP contribution in [0.1, 0.15) is 36.0 Å². The van der Waals surface area contributed by atoms with E-state index >= 15 is 0 Å². The second-order valence-corrected chi connectivity index (χ2v) is 5.74. The average Bonchev–Trinajstić information content (AvgIpc) is 2.55. The molecule has 5 nitrogen and oxygen atoms in total. The Morgan fingerprint density at radius 2 is 1.88 bits per heavy atom. The molecule has 2 atom stereocenters. The van der Waals surface area contributed by atoms with Gasteiger partial charge in [-0.25, -0.2) is 4.79 Å². The molecule has 0 spiro atoms. The van der Waals surface area contributed by atoms with E-state index in [4.69, 9.17) is 4.84 Å². The molecule has 0 saturated heterocycles. The van der Waals surface area contributed by atoms with Gasteiger partial charge < -0.3 is 10.1 Å². The lowest BCUT2D eigenvalue weighted by Gasteiger charge is -2.34. The van der Waals surface area contributed by atoms with Gasteiger partial charge in [0.15, 0.2) is 0 Å². The van der Waals surface area contributed by atoms with Crippen molar-refractivity contribution in [3.05, 3.63) is 23.8 Å². The van der Waals surface area contributed by atoms with Crippen molar-refractivity contribution in [3.63, 3.8) is 0 Å². The minimum atomic E-state index is -4.24. The highest BCUT2D eigenvalue weighted by Gasteiger charge is 2.45. The van der Waals surface area contributed by atoms with Crippen LogP contribution in [0.3, 0.4) is 0 Å². The van der Waals surface area contributed by atoms with Gasteiger partial charge in [-0.15, -0.1) is 0 Å². The first kappa shape index (κ1) is 18.4. The predicted molar refractivity (Wildman–Crippen MR) is 83.8 cm³/mol. The number of carbonyl (C=O) groups excluding carboxylic acids is 1. The smallest absolute Gasteiger partial charge is 0.393 e. The number of esters is 1. The molecule has 1 aromatic carbocycles. The van der Waals surface area contributed by atoms with Crippen molar-refractivity contribution in [1.82, 2.24) is 0 Å². The first-order chi connectivity index (χ1) is 11.4. The number of nitrogens with one attached hydrogen (secondary N) is 2. The van der Waals surface area contributed by atoms with Crippen molar-refractivity contribution in [3.8, 4) is 0 Å². The van der Waals surface area contributed by atoms with E-state index in [1.165, 1.54) is 26.4 Å². The normalized spacial score (nSPS) is 21.2. The summed E-state index contributed by atoms with van der Waals surface area (Å²) >= 11 is 0. The van der Waals surface area contributed by atoms with Crippen molar-refractivity contribution in [2.24, 2.45) is 5.92 Å². The highest BCUT2D eigenvalue weighted by molar-refractivity contribution is 5.92. The summed E-state index contributed by atoms with van der Waals surface area (Å²) in [6.07, 6.45) is -2.35. The Hall–Kier alpha value is -1.96.